The van der Waals surface area contributed by atoms with Gasteiger partial charge in [-0.25, -0.2) is 0 Å². The van der Waals surface area contributed by atoms with E-state index in [1.807, 2.05) is 48.5 Å². The standard InChI is InChI=1S/C16H13BrO2/c1-19-13-9-5-6-11-10-16(17,15(18)14(11)13)12-7-3-2-4-8-12/h2-9H,10H2,1H3. The molecule has 0 aliphatic heterocycles. The quantitative estimate of drug-likeness (QED) is 0.789. The summed E-state index contributed by atoms with van der Waals surface area (Å²) >= 11 is 3.66. The van der Waals surface area contributed by atoms with E-state index in [0.717, 1.165) is 11.1 Å². The normalized spacial score (nSPS) is 21.3. The molecule has 96 valence electrons. The summed E-state index contributed by atoms with van der Waals surface area (Å²) in [5.41, 5.74) is 2.72. The highest BCUT2D eigenvalue weighted by Crippen LogP contribution is 2.47. The fourth-order valence-corrected chi connectivity index (χ4v) is 3.39. The van der Waals surface area contributed by atoms with E-state index >= 15 is 0 Å². The van der Waals surface area contributed by atoms with Crippen molar-refractivity contribution in [2.45, 2.75) is 10.7 Å². The lowest BCUT2D eigenvalue weighted by molar-refractivity contribution is 0.0957. The Kier molecular flexibility index (Phi) is 2.94. The van der Waals surface area contributed by atoms with Gasteiger partial charge in [0.25, 0.3) is 0 Å². The van der Waals surface area contributed by atoms with E-state index in [1.165, 1.54) is 0 Å². The summed E-state index contributed by atoms with van der Waals surface area (Å²) in [6.07, 6.45) is 0.655. The lowest BCUT2D eigenvalue weighted by Gasteiger charge is -2.20. The summed E-state index contributed by atoms with van der Waals surface area (Å²) in [5.74, 6) is 0.728. The van der Waals surface area contributed by atoms with Gasteiger partial charge in [0.1, 0.15) is 10.1 Å². The predicted octanol–water partition coefficient (Wildman–Crippen LogP) is 3.72. The third-order valence-corrected chi connectivity index (χ3v) is 4.68. The van der Waals surface area contributed by atoms with Gasteiger partial charge in [-0.05, 0) is 17.2 Å². The first kappa shape index (κ1) is 12.4. The van der Waals surface area contributed by atoms with E-state index in [-0.39, 0.29) is 5.78 Å². The Morgan fingerprint density at radius 3 is 2.53 bits per heavy atom. The van der Waals surface area contributed by atoms with Gasteiger partial charge >= 0.3 is 0 Å². The second kappa shape index (κ2) is 4.49. The molecule has 0 radical (unpaired) electrons. The Labute approximate surface area is 120 Å². The Bertz CT molecular complexity index is 636. The molecule has 0 spiro atoms. The van der Waals surface area contributed by atoms with Crippen LogP contribution in [0.3, 0.4) is 0 Å². The molecule has 0 saturated heterocycles. The highest BCUT2D eigenvalue weighted by molar-refractivity contribution is 9.10. The molecule has 0 N–H and O–H groups in total. The van der Waals surface area contributed by atoms with Crippen molar-refractivity contribution in [3.8, 4) is 5.75 Å². The number of Topliss-reactive ketones (excluding diaryl/α,β-unsaturated/α-hetero) is 1. The van der Waals surface area contributed by atoms with Gasteiger partial charge in [-0.15, -0.1) is 0 Å². The first-order valence-corrected chi connectivity index (χ1v) is 6.91. The number of carbonyl (C=O) groups excluding carboxylic acids is 1. The molecule has 0 fully saturated rings. The van der Waals surface area contributed by atoms with Crippen LogP contribution < -0.4 is 4.74 Å². The van der Waals surface area contributed by atoms with Crippen LogP contribution >= 0.6 is 15.9 Å². The zero-order valence-corrected chi connectivity index (χ0v) is 12.1. The molecule has 2 nitrogen and oxygen atoms in total. The van der Waals surface area contributed by atoms with Crippen molar-refractivity contribution in [2.75, 3.05) is 7.11 Å². The second-order valence-electron chi connectivity index (χ2n) is 4.67. The molecule has 3 heteroatoms. The van der Waals surface area contributed by atoms with Crippen molar-refractivity contribution in [1.82, 2.24) is 0 Å². The fourth-order valence-electron chi connectivity index (χ4n) is 2.63. The first-order valence-electron chi connectivity index (χ1n) is 6.12. The number of ether oxygens (including phenoxy) is 1. The van der Waals surface area contributed by atoms with E-state index in [0.29, 0.717) is 17.7 Å². The molecule has 0 aromatic heterocycles. The highest BCUT2D eigenvalue weighted by atomic mass is 79.9. The maximum absolute atomic E-state index is 12.8. The molecular weight excluding hydrogens is 304 g/mol. The Morgan fingerprint density at radius 1 is 1.11 bits per heavy atom. The van der Waals surface area contributed by atoms with Gasteiger partial charge in [-0.2, -0.15) is 0 Å². The molecule has 1 aliphatic carbocycles. The van der Waals surface area contributed by atoms with E-state index < -0.39 is 4.32 Å². The Balaban J connectivity index is 2.14. The molecule has 0 amide bonds. The molecule has 2 aromatic carbocycles. The van der Waals surface area contributed by atoms with Crippen molar-refractivity contribution < 1.29 is 9.53 Å². The summed E-state index contributed by atoms with van der Waals surface area (Å²) in [6.45, 7) is 0. The summed E-state index contributed by atoms with van der Waals surface area (Å²) in [4.78, 5) is 12.8. The summed E-state index contributed by atoms with van der Waals surface area (Å²) in [6, 6.07) is 15.6. The zero-order valence-electron chi connectivity index (χ0n) is 10.5. The van der Waals surface area contributed by atoms with Crippen LogP contribution in [0, 0.1) is 0 Å². The van der Waals surface area contributed by atoms with E-state index in [1.54, 1.807) is 7.11 Å². The average molecular weight is 317 g/mol. The zero-order chi connectivity index (χ0) is 13.5. The fraction of sp³-hybridized carbons (Fsp3) is 0.188. The number of rotatable bonds is 2. The van der Waals surface area contributed by atoms with E-state index in [4.69, 9.17) is 4.74 Å². The summed E-state index contributed by atoms with van der Waals surface area (Å²) in [7, 11) is 1.60. The molecule has 0 heterocycles. The minimum atomic E-state index is -0.661. The monoisotopic (exact) mass is 316 g/mol. The molecule has 0 bridgehead atoms. The smallest absolute Gasteiger partial charge is 0.188 e. The molecule has 1 aliphatic rings. The summed E-state index contributed by atoms with van der Waals surface area (Å²) < 4.78 is 4.65. The van der Waals surface area contributed by atoms with E-state index in [9.17, 15) is 4.79 Å². The number of methoxy groups -OCH3 is 1. The minimum absolute atomic E-state index is 0.0751. The first-order chi connectivity index (χ1) is 9.16. The van der Waals surface area contributed by atoms with Crippen LogP contribution in [0.1, 0.15) is 21.5 Å². The number of hydrogen-bond donors (Lipinski definition) is 0. The van der Waals surface area contributed by atoms with Gasteiger partial charge in [-0.3, -0.25) is 4.79 Å². The van der Waals surface area contributed by atoms with Crippen LogP contribution in [-0.4, -0.2) is 12.9 Å². The van der Waals surface area contributed by atoms with Gasteiger partial charge in [0.15, 0.2) is 5.78 Å². The molecule has 3 rings (SSSR count). The number of alkyl halides is 1. The number of carbonyl (C=O) groups is 1. The largest absolute Gasteiger partial charge is 0.496 e. The third kappa shape index (κ3) is 1.80. The maximum Gasteiger partial charge on any atom is 0.188 e. The second-order valence-corrected chi connectivity index (χ2v) is 6.02. The molecule has 1 atom stereocenters. The number of ketones is 1. The third-order valence-electron chi connectivity index (χ3n) is 3.58. The highest BCUT2D eigenvalue weighted by Gasteiger charge is 2.46. The lowest BCUT2D eigenvalue weighted by Crippen LogP contribution is -2.25. The van der Waals surface area contributed by atoms with E-state index in [2.05, 4.69) is 15.9 Å². The number of fused-ring (bicyclic) bond motifs is 1. The molecule has 19 heavy (non-hydrogen) atoms. The van der Waals surface area contributed by atoms with Gasteiger partial charge < -0.3 is 4.74 Å². The van der Waals surface area contributed by atoms with Crippen molar-refractivity contribution in [3.05, 3.63) is 65.2 Å². The predicted molar refractivity (Wildman–Crippen MR) is 78.1 cm³/mol. The van der Waals surface area contributed by atoms with Crippen molar-refractivity contribution in [1.29, 1.82) is 0 Å². The SMILES string of the molecule is COc1cccc2c1C(=O)C(Br)(c1ccccc1)C2. The molecule has 2 aromatic rings. The van der Waals surface area contributed by atoms with Crippen LogP contribution in [0.2, 0.25) is 0 Å². The Morgan fingerprint density at radius 2 is 1.84 bits per heavy atom. The number of halogens is 1. The van der Waals surface area contributed by atoms with Crippen LogP contribution in [0.5, 0.6) is 5.75 Å². The van der Waals surface area contributed by atoms with Crippen LogP contribution in [0.25, 0.3) is 0 Å². The average Bonchev–Trinajstić information content (AvgIpc) is 2.73. The van der Waals surface area contributed by atoms with Crippen molar-refractivity contribution in [3.63, 3.8) is 0 Å². The molecule has 1 unspecified atom stereocenters. The van der Waals surface area contributed by atoms with Crippen molar-refractivity contribution in [2.24, 2.45) is 0 Å². The molecular formula is C16H13BrO2. The lowest BCUT2D eigenvalue weighted by atomic mass is 9.95. The summed E-state index contributed by atoms with van der Waals surface area (Å²) in [5, 5.41) is 0. The van der Waals surface area contributed by atoms with Crippen LogP contribution in [0.4, 0.5) is 0 Å². The van der Waals surface area contributed by atoms with Gasteiger partial charge in [0, 0.05) is 6.42 Å². The van der Waals surface area contributed by atoms with Gasteiger partial charge in [0.05, 0.1) is 12.7 Å². The van der Waals surface area contributed by atoms with Crippen LogP contribution in [-0.2, 0) is 10.7 Å². The molecule has 0 saturated carbocycles. The van der Waals surface area contributed by atoms with Gasteiger partial charge in [-0.1, -0.05) is 58.4 Å². The minimum Gasteiger partial charge on any atom is -0.496 e. The Hall–Kier alpha value is -1.61. The number of benzene rings is 2. The van der Waals surface area contributed by atoms with Crippen LogP contribution in [0.15, 0.2) is 48.5 Å². The number of hydrogen-bond acceptors (Lipinski definition) is 2. The van der Waals surface area contributed by atoms with Gasteiger partial charge in [0.2, 0.25) is 0 Å². The maximum atomic E-state index is 12.8. The topological polar surface area (TPSA) is 26.3 Å². The van der Waals surface area contributed by atoms with Crippen molar-refractivity contribution >= 4 is 21.7 Å².